The topological polar surface area (TPSA) is 24.9 Å². The van der Waals surface area contributed by atoms with Crippen LogP contribution in [0.5, 0.6) is 0 Å². The van der Waals surface area contributed by atoms with E-state index in [0.29, 0.717) is 0 Å². The van der Waals surface area contributed by atoms with Crippen molar-refractivity contribution in [3.63, 3.8) is 0 Å². The van der Waals surface area contributed by atoms with Crippen molar-refractivity contribution in [3.05, 3.63) is 24.3 Å². The summed E-state index contributed by atoms with van der Waals surface area (Å²) in [6, 6.07) is 0. The smallest absolute Gasteiger partial charge is 0.0593 e. The number of nitrogens with zero attached hydrogens (tertiary/aromatic N) is 2. The molecule has 1 aliphatic heterocycles. The molecule has 0 aromatic rings. The Morgan fingerprint density at radius 1 is 0.333 bits per heavy atom. The molecule has 48 heavy (non-hydrogen) atoms. The van der Waals surface area contributed by atoms with E-state index in [-0.39, 0.29) is 0 Å². The molecule has 0 aromatic carbocycles. The molecular formula is C44H86N2O2. The molecule has 0 atom stereocenters. The number of unbranched alkanes of at least 4 members (excludes halogenated alkanes) is 24. The lowest BCUT2D eigenvalue weighted by Crippen LogP contribution is -2.48. The van der Waals surface area contributed by atoms with Gasteiger partial charge in [0.25, 0.3) is 0 Å². The average molecular weight is 675 g/mol. The summed E-state index contributed by atoms with van der Waals surface area (Å²) in [5, 5.41) is 0. The molecule has 1 saturated heterocycles. The van der Waals surface area contributed by atoms with Crippen molar-refractivity contribution < 1.29 is 9.47 Å². The van der Waals surface area contributed by atoms with Crippen molar-refractivity contribution in [1.29, 1.82) is 0 Å². The second-order valence-electron chi connectivity index (χ2n) is 14.8. The fourth-order valence-electron chi connectivity index (χ4n) is 6.73. The molecule has 1 fully saturated rings. The maximum atomic E-state index is 5.97. The van der Waals surface area contributed by atoms with Crippen LogP contribution >= 0.6 is 0 Å². The Kier molecular flexibility index (Phi) is 36.9. The fourth-order valence-corrected chi connectivity index (χ4v) is 6.73. The third kappa shape index (κ3) is 33.8. The van der Waals surface area contributed by atoms with Gasteiger partial charge in [-0.15, -0.1) is 0 Å². The van der Waals surface area contributed by atoms with E-state index in [1.165, 1.54) is 206 Å². The number of rotatable bonds is 38. The summed E-state index contributed by atoms with van der Waals surface area (Å²) in [7, 11) is 0. The van der Waals surface area contributed by atoms with E-state index < -0.39 is 0 Å². The molecule has 4 heteroatoms. The third-order valence-electron chi connectivity index (χ3n) is 10.2. The minimum atomic E-state index is 0.893. The Morgan fingerprint density at radius 3 is 0.917 bits per heavy atom. The number of allylic oxidation sites excluding steroid dienone is 4. The molecule has 0 N–H and O–H groups in total. The summed E-state index contributed by atoms with van der Waals surface area (Å²) in [6.07, 6.45) is 47.8. The summed E-state index contributed by atoms with van der Waals surface area (Å²) >= 11 is 0. The minimum Gasteiger partial charge on any atom is -0.380 e. The van der Waals surface area contributed by atoms with Gasteiger partial charge in [0.05, 0.1) is 13.2 Å². The Hall–Kier alpha value is -0.680. The van der Waals surface area contributed by atoms with Crippen molar-refractivity contribution in [1.82, 2.24) is 9.80 Å². The van der Waals surface area contributed by atoms with E-state index in [1.807, 2.05) is 0 Å². The van der Waals surface area contributed by atoms with E-state index >= 15 is 0 Å². The highest BCUT2D eigenvalue weighted by atomic mass is 16.5. The van der Waals surface area contributed by atoms with E-state index in [9.17, 15) is 0 Å². The molecular weight excluding hydrogens is 588 g/mol. The maximum Gasteiger partial charge on any atom is 0.0593 e. The van der Waals surface area contributed by atoms with E-state index in [2.05, 4.69) is 48.0 Å². The molecule has 1 heterocycles. The largest absolute Gasteiger partial charge is 0.380 e. The monoisotopic (exact) mass is 675 g/mol. The summed E-state index contributed by atoms with van der Waals surface area (Å²) in [4.78, 5) is 5.15. The zero-order chi connectivity index (χ0) is 34.3. The third-order valence-corrected chi connectivity index (χ3v) is 10.2. The maximum absolute atomic E-state index is 5.97. The first-order chi connectivity index (χ1) is 23.9. The van der Waals surface area contributed by atoms with Crippen molar-refractivity contribution in [2.45, 2.75) is 194 Å². The van der Waals surface area contributed by atoms with Gasteiger partial charge in [-0.25, -0.2) is 0 Å². The zero-order valence-corrected chi connectivity index (χ0v) is 32.9. The second kappa shape index (κ2) is 39.1. The van der Waals surface area contributed by atoms with Crippen LogP contribution in [-0.2, 0) is 9.47 Å². The van der Waals surface area contributed by atoms with Crippen molar-refractivity contribution in [2.24, 2.45) is 0 Å². The Labute approximate surface area is 302 Å². The van der Waals surface area contributed by atoms with E-state index in [1.54, 1.807) is 0 Å². The van der Waals surface area contributed by atoms with Crippen molar-refractivity contribution >= 4 is 0 Å². The SMILES string of the molecule is CCCCCCCC/C=C\CCCCCCCCOCCN1CCN(CCOCCCCCCCC/C=C\CCCCCCCC)CC1. The van der Waals surface area contributed by atoms with Gasteiger partial charge in [-0.3, -0.25) is 9.80 Å². The minimum absolute atomic E-state index is 0.893. The number of hydrogen-bond acceptors (Lipinski definition) is 4. The molecule has 0 radical (unpaired) electrons. The predicted octanol–water partition coefficient (Wildman–Crippen LogP) is 12.7. The van der Waals surface area contributed by atoms with Crippen molar-refractivity contribution in [2.75, 3.05) is 65.7 Å². The number of ether oxygens (including phenoxy) is 2. The molecule has 0 unspecified atom stereocenters. The van der Waals surface area contributed by atoms with Crippen LogP contribution in [0.25, 0.3) is 0 Å². The molecule has 0 aliphatic carbocycles. The lowest BCUT2D eigenvalue weighted by molar-refractivity contribution is 0.0553. The van der Waals surface area contributed by atoms with Gasteiger partial charge in [0, 0.05) is 52.5 Å². The van der Waals surface area contributed by atoms with Gasteiger partial charge >= 0.3 is 0 Å². The van der Waals surface area contributed by atoms with Gasteiger partial charge in [0.1, 0.15) is 0 Å². The van der Waals surface area contributed by atoms with Crippen LogP contribution in [0.4, 0.5) is 0 Å². The normalized spacial score (nSPS) is 14.7. The molecule has 0 saturated carbocycles. The first kappa shape index (κ1) is 45.3. The lowest BCUT2D eigenvalue weighted by Gasteiger charge is -2.34. The van der Waals surface area contributed by atoms with Crippen LogP contribution in [-0.4, -0.2) is 75.5 Å². The quantitative estimate of drug-likeness (QED) is 0.0481. The van der Waals surface area contributed by atoms with Gasteiger partial charge < -0.3 is 9.47 Å². The highest BCUT2D eigenvalue weighted by molar-refractivity contribution is 4.82. The molecule has 0 spiro atoms. The Morgan fingerprint density at radius 2 is 0.604 bits per heavy atom. The standard InChI is InChI=1S/C44H86N2O2/c1-3-5-7-9-11-13-15-17-19-21-23-25-27-29-31-33-41-47-43-39-45-35-37-46(38-36-45)40-44-48-42-34-32-30-28-26-24-22-20-18-16-14-12-10-8-6-4-2/h17-20H,3-16,21-44H2,1-2H3/b19-17-,20-18-. The molecule has 1 aliphatic rings. The molecule has 0 bridgehead atoms. The molecule has 0 aromatic heterocycles. The van der Waals surface area contributed by atoms with Gasteiger partial charge in [0.2, 0.25) is 0 Å². The van der Waals surface area contributed by atoms with Gasteiger partial charge in [-0.1, -0.05) is 154 Å². The van der Waals surface area contributed by atoms with E-state index in [4.69, 9.17) is 9.47 Å². The summed E-state index contributed by atoms with van der Waals surface area (Å²) in [6.45, 7) is 15.1. The lowest BCUT2D eigenvalue weighted by atomic mass is 10.1. The van der Waals surface area contributed by atoms with Crippen LogP contribution in [0.1, 0.15) is 194 Å². The number of piperazine rings is 1. The summed E-state index contributed by atoms with van der Waals surface area (Å²) in [5.41, 5.74) is 0. The van der Waals surface area contributed by atoms with Crippen LogP contribution in [0.15, 0.2) is 24.3 Å². The van der Waals surface area contributed by atoms with Gasteiger partial charge in [0.15, 0.2) is 0 Å². The fraction of sp³-hybridized carbons (Fsp3) is 0.909. The van der Waals surface area contributed by atoms with Gasteiger partial charge in [-0.2, -0.15) is 0 Å². The first-order valence-electron chi connectivity index (χ1n) is 21.8. The zero-order valence-electron chi connectivity index (χ0n) is 32.9. The highest BCUT2D eigenvalue weighted by Crippen LogP contribution is 2.12. The molecule has 4 nitrogen and oxygen atoms in total. The van der Waals surface area contributed by atoms with Crippen LogP contribution in [0.2, 0.25) is 0 Å². The average Bonchev–Trinajstić information content (AvgIpc) is 3.11. The van der Waals surface area contributed by atoms with Crippen molar-refractivity contribution in [3.8, 4) is 0 Å². The Balaban J connectivity index is 1.74. The molecule has 1 rings (SSSR count). The predicted molar refractivity (Wildman–Crippen MR) is 213 cm³/mol. The van der Waals surface area contributed by atoms with E-state index in [0.717, 1.165) is 39.5 Å². The highest BCUT2D eigenvalue weighted by Gasteiger charge is 2.16. The number of hydrogen-bond donors (Lipinski definition) is 0. The van der Waals surface area contributed by atoms with Crippen LogP contribution in [0.3, 0.4) is 0 Å². The Bertz CT molecular complexity index is 602. The second-order valence-corrected chi connectivity index (χ2v) is 14.8. The molecule has 0 amide bonds. The van der Waals surface area contributed by atoms with Crippen LogP contribution in [0, 0.1) is 0 Å². The van der Waals surface area contributed by atoms with Gasteiger partial charge in [-0.05, 0) is 64.2 Å². The summed E-state index contributed by atoms with van der Waals surface area (Å²) < 4.78 is 11.9. The van der Waals surface area contributed by atoms with Crippen LogP contribution < -0.4 is 0 Å². The first-order valence-corrected chi connectivity index (χ1v) is 21.8. The summed E-state index contributed by atoms with van der Waals surface area (Å²) in [5.74, 6) is 0. The molecule has 284 valence electrons.